The number of hydrogen-bond donors (Lipinski definition) is 1. The number of nitrogens with zero attached hydrogens (tertiary/aromatic N) is 1. The molecule has 2 aromatic rings. The average Bonchev–Trinajstić information content (AvgIpc) is 2.93. The van der Waals surface area contributed by atoms with Gasteiger partial charge in [-0.1, -0.05) is 54.5 Å². The van der Waals surface area contributed by atoms with Crippen LogP contribution in [0.5, 0.6) is 0 Å². The number of aliphatic hydroxyl groups excluding tert-OH is 1. The van der Waals surface area contributed by atoms with Crippen LogP contribution in [0.25, 0.3) is 11.1 Å². The highest BCUT2D eigenvalue weighted by molar-refractivity contribution is 5.79. The Labute approximate surface area is 141 Å². The first kappa shape index (κ1) is 16.1. The van der Waals surface area contributed by atoms with E-state index in [9.17, 15) is 4.79 Å². The normalized spacial score (nSPS) is 12.2. The van der Waals surface area contributed by atoms with Gasteiger partial charge in [-0.3, -0.25) is 4.90 Å². The highest BCUT2D eigenvalue weighted by Crippen LogP contribution is 2.44. The number of carbonyl (C=O) groups excluding carboxylic acids is 1. The molecule has 4 heteroatoms. The molecule has 1 amide bonds. The van der Waals surface area contributed by atoms with Crippen molar-refractivity contribution in [1.29, 1.82) is 0 Å². The number of terminal acetylenes is 1. The smallest absolute Gasteiger partial charge is 0.410 e. The van der Waals surface area contributed by atoms with Crippen molar-refractivity contribution in [1.82, 2.24) is 4.90 Å². The molecular weight excluding hydrogens is 302 g/mol. The first-order valence-electron chi connectivity index (χ1n) is 7.90. The lowest BCUT2D eigenvalue weighted by Crippen LogP contribution is -2.35. The predicted octanol–water partition coefficient (Wildman–Crippen LogP) is 2.86. The molecule has 0 atom stereocenters. The molecule has 0 spiro atoms. The Morgan fingerprint density at radius 3 is 2.25 bits per heavy atom. The number of aliphatic hydroxyl groups is 1. The minimum absolute atomic E-state index is 0.0168. The molecule has 0 heterocycles. The fourth-order valence-electron chi connectivity index (χ4n) is 3.15. The molecule has 0 radical (unpaired) electrons. The largest absolute Gasteiger partial charge is 0.448 e. The summed E-state index contributed by atoms with van der Waals surface area (Å²) in [6.45, 7) is 0.392. The van der Waals surface area contributed by atoms with E-state index in [1.165, 1.54) is 16.0 Å². The van der Waals surface area contributed by atoms with Crippen LogP contribution in [0.4, 0.5) is 4.79 Å². The van der Waals surface area contributed by atoms with Gasteiger partial charge in [0, 0.05) is 12.5 Å². The van der Waals surface area contributed by atoms with Gasteiger partial charge in [-0.2, -0.15) is 0 Å². The molecule has 1 N–H and O–H groups in total. The fourth-order valence-corrected chi connectivity index (χ4v) is 3.15. The molecule has 24 heavy (non-hydrogen) atoms. The molecule has 3 rings (SSSR count). The van der Waals surface area contributed by atoms with Crippen LogP contribution in [-0.4, -0.2) is 42.4 Å². The standard InChI is InChI=1S/C20H19NO3/c1-2-11-21(12-13-22)20(23)24-14-19-17-9-5-3-7-15(17)16-8-4-6-10-18(16)19/h1,3-10,19,22H,11-14H2. The minimum Gasteiger partial charge on any atom is -0.448 e. The van der Waals surface area contributed by atoms with E-state index in [0.29, 0.717) is 0 Å². The number of amides is 1. The van der Waals surface area contributed by atoms with Crippen molar-refractivity contribution in [3.05, 3.63) is 59.7 Å². The van der Waals surface area contributed by atoms with Crippen LogP contribution in [0.3, 0.4) is 0 Å². The van der Waals surface area contributed by atoms with E-state index in [1.54, 1.807) is 0 Å². The zero-order valence-electron chi connectivity index (χ0n) is 13.3. The zero-order chi connectivity index (χ0) is 16.9. The maximum atomic E-state index is 12.2. The molecule has 4 nitrogen and oxygen atoms in total. The van der Waals surface area contributed by atoms with Gasteiger partial charge >= 0.3 is 6.09 Å². The topological polar surface area (TPSA) is 49.8 Å². The molecule has 1 aliphatic rings. The summed E-state index contributed by atoms with van der Waals surface area (Å²) in [6, 6.07) is 16.3. The minimum atomic E-state index is -0.496. The summed E-state index contributed by atoms with van der Waals surface area (Å²) >= 11 is 0. The van der Waals surface area contributed by atoms with Gasteiger partial charge in [-0.05, 0) is 22.3 Å². The van der Waals surface area contributed by atoms with Gasteiger partial charge < -0.3 is 9.84 Å². The second-order valence-corrected chi connectivity index (χ2v) is 5.65. The third kappa shape index (κ3) is 2.99. The number of ether oxygens (including phenoxy) is 1. The Morgan fingerprint density at radius 1 is 1.12 bits per heavy atom. The van der Waals surface area contributed by atoms with Crippen molar-refractivity contribution in [3.8, 4) is 23.5 Å². The molecule has 0 aliphatic heterocycles. The summed E-state index contributed by atoms with van der Waals surface area (Å²) in [4.78, 5) is 13.5. The predicted molar refractivity (Wildman–Crippen MR) is 92.6 cm³/mol. The Hall–Kier alpha value is -2.77. The van der Waals surface area contributed by atoms with Gasteiger partial charge in [-0.15, -0.1) is 6.42 Å². The quantitative estimate of drug-likeness (QED) is 0.862. The second-order valence-electron chi connectivity index (χ2n) is 5.65. The monoisotopic (exact) mass is 321 g/mol. The van der Waals surface area contributed by atoms with Crippen LogP contribution >= 0.6 is 0 Å². The molecule has 122 valence electrons. The van der Waals surface area contributed by atoms with Crippen LogP contribution in [0.1, 0.15) is 17.0 Å². The van der Waals surface area contributed by atoms with Gasteiger partial charge in [0.2, 0.25) is 0 Å². The SMILES string of the molecule is C#CCN(CCO)C(=O)OCC1c2ccccc2-c2ccccc21. The molecule has 1 aliphatic carbocycles. The van der Waals surface area contributed by atoms with Crippen molar-refractivity contribution < 1.29 is 14.6 Å². The van der Waals surface area contributed by atoms with E-state index in [2.05, 4.69) is 30.2 Å². The molecule has 0 fully saturated rings. The van der Waals surface area contributed by atoms with Crippen LogP contribution in [-0.2, 0) is 4.74 Å². The first-order valence-corrected chi connectivity index (χ1v) is 7.90. The molecule has 0 bridgehead atoms. The van der Waals surface area contributed by atoms with Crippen molar-refractivity contribution in [2.45, 2.75) is 5.92 Å². The maximum Gasteiger partial charge on any atom is 0.410 e. The summed E-state index contributed by atoms with van der Waals surface area (Å²) in [5, 5.41) is 9.03. The summed E-state index contributed by atoms with van der Waals surface area (Å²) in [7, 11) is 0. The molecule has 0 saturated heterocycles. The number of carbonyl (C=O) groups is 1. The van der Waals surface area contributed by atoms with E-state index >= 15 is 0 Å². The highest BCUT2D eigenvalue weighted by Gasteiger charge is 2.29. The third-order valence-electron chi connectivity index (χ3n) is 4.25. The van der Waals surface area contributed by atoms with Crippen molar-refractivity contribution >= 4 is 6.09 Å². The number of hydrogen-bond acceptors (Lipinski definition) is 3. The van der Waals surface area contributed by atoms with Gasteiger partial charge in [-0.25, -0.2) is 4.79 Å². The van der Waals surface area contributed by atoms with Crippen LogP contribution in [0.15, 0.2) is 48.5 Å². The van der Waals surface area contributed by atoms with Crippen LogP contribution in [0, 0.1) is 12.3 Å². The summed E-state index contributed by atoms with van der Waals surface area (Å²) in [5.41, 5.74) is 4.70. The zero-order valence-corrected chi connectivity index (χ0v) is 13.3. The summed E-state index contributed by atoms with van der Waals surface area (Å²) in [5.74, 6) is 2.42. The van der Waals surface area contributed by atoms with Crippen molar-refractivity contribution in [2.75, 3.05) is 26.3 Å². The van der Waals surface area contributed by atoms with Crippen LogP contribution in [0.2, 0.25) is 0 Å². The maximum absolute atomic E-state index is 12.2. The highest BCUT2D eigenvalue weighted by atomic mass is 16.6. The average molecular weight is 321 g/mol. The number of fused-ring (bicyclic) bond motifs is 3. The Balaban J connectivity index is 1.78. The Bertz CT molecular complexity index is 733. The lowest BCUT2D eigenvalue weighted by atomic mass is 9.98. The molecule has 0 unspecified atom stereocenters. The molecule has 0 saturated carbocycles. The third-order valence-corrected chi connectivity index (χ3v) is 4.25. The van der Waals surface area contributed by atoms with E-state index in [4.69, 9.17) is 16.3 Å². The van der Waals surface area contributed by atoms with Crippen molar-refractivity contribution in [2.24, 2.45) is 0 Å². The number of rotatable bonds is 5. The van der Waals surface area contributed by atoms with E-state index in [0.717, 1.165) is 11.1 Å². The van der Waals surface area contributed by atoms with Gasteiger partial charge in [0.1, 0.15) is 6.61 Å². The lowest BCUT2D eigenvalue weighted by molar-refractivity contribution is 0.0969. The second kappa shape index (κ2) is 7.20. The lowest BCUT2D eigenvalue weighted by Gasteiger charge is -2.20. The van der Waals surface area contributed by atoms with E-state index < -0.39 is 6.09 Å². The van der Waals surface area contributed by atoms with Crippen LogP contribution < -0.4 is 0 Å². The van der Waals surface area contributed by atoms with E-state index in [-0.39, 0.29) is 32.2 Å². The number of benzene rings is 2. The Kier molecular flexibility index (Phi) is 4.83. The van der Waals surface area contributed by atoms with Gasteiger partial charge in [0.05, 0.1) is 13.2 Å². The van der Waals surface area contributed by atoms with E-state index in [1.807, 2.05) is 24.3 Å². The molecule has 0 aromatic heterocycles. The molecule has 2 aromatic carbocycles. The van der Waals surface area contributed by atoms with Gasteiger partial charge in [0.25, 0.3) is 0 Å². The molecular formula is C20H19NO3. The summed E-state index contributed by atoms with van der Waals surface area (Å²) < 4.78 is 5.49. The fraction of sp³-hybridized carbons (Fsp3) is 0.250. The Morgan fingerprint density at radius 2 is 1.71 bits per heavy atom. The first-order chi connectivity index (χ1) is 11.8. The van der Waals surface area contributed by atoms with Crippen molar-refractivity contribution in [3.63, 3.8) is 0 Å². The van der Waals surface area contributed by atoms with Gasteiger partial charge in [0.15, 0.2) is 0 Å². The summed E-state index contributed by atoms with van der Waals surface area (Å²) in [6.07, 6.45) is 4.76.